The van der Waals surface area contributed by atoms with Gasteiger partial charge in [0.1, 0.15) is 5.69 Å². The highest BCUT2D eigenvalue weighted by Crippen LogP contribution is 2.27. The van der Waals surface area contributed by atoms with E-state index in [0.29, 0.717) is 0 Å². The summed E-state index contributed by atoms with van der Waals surface area (Å²) in [4.78, 5) is 12.3. The lowest BCUT2D eigenvalue weighted by Crippen LogP contribution is -2.24. The Hall–Kier alpha value is -0.770. The fraction of sp³-hybridized carbons (Fsp3) is 0.667. The molecule has 0 N–H and O–H groups in total. The van der Waals surface area contributed by atoms with Crippen LogP contribution in [0.5, 0.6) is 0 Å². The Labute approximate surface area is 101 Å². The first-order valence-corrected chi connectivity index (χ1v) is 7.05. The summed E-state index contributed by atoms with van der Waals surface area (Å²) in [5, 5.41) is 4.38. The molecular weight excluding hydrogens is 220 g/mol. The lowest BCUT2D eigenvalue weighted by atomic mass is 10.1. The van der Waals surface area contributed by atoms with Crippen molar-refractivity contribution in [1.82, 2.24) is 9.78 Å². The summed E-state index contributed by atoms with van der Waals surface area (Å²) in [5.74, 6) is 1.40. The zero-order chi connectivity index (χ0) is 11.4. The van der Waals surface area contributed by atoms with Crippen molar-refractivity contribution in [3.63, 3.8) is 0 Å². The second-order valence-electron chi connectivity index (χ2n) is 4.16. The van der Waals surface area contributed by atoms with Crippen molar-refractivity contribution in [2.45, 2.75) is 44.4 Å². The van der Waals surface area contributed by atoms with Crippen molar-refractivity contribution in [3.05, 3.63) is 18.0 Å². The molecule has 1 unspecified atom stereocenters. The topological polar surface area (TPSA) is 34.9 Å². The number of nitrogens with zero attached hydrogens (tertiary/aromatic N) is 2. The van der Waals surface area contributed by atoms with Gasteiger partial charge in [-0.05, 0) is 31.1 Å². The van der Waals surface area contributed by atoms with Crippen LogP contribution >= 0.6 is 11.8 Å². The molecule has 1 aromatic rings. The molecule has 2 heterocycles. The monoisotopic (exact) mass is 238 g/mol. The maximum Gasteiger partial charge on any atom is 0.193 e. The molecule has 0 aliphatic carbocycles. The van der Waals surface area contributed by atoms with Gasteiger partial charge in [0.15, 0.2) is 5.78 Å². The second-order valence-corrected chi connectivity index (χ2v) is 5.47. The predicted molar refractivity (Wildman–Crippen MR) is 66.9 cm³/mol. The molecule has 0 radical (unpaired) electrons. The van der Waals surface area contributed by atoms with Crippen molar-refractivity contribution in [3.8, 4) is 0 Å². The van der Waals surface area contributed by atoms with E-state index in [2.05, 4.69) is 12.0 Å². The summed E-state index contributed by atoms with van der Waals surface area (Å²) in [6.07, 6.45) is 6.21. The van der Waals surface area contributed by atoms with E-state index in [4.69, 9.17) is 0 Å². The highest BCUT2D eigenvalue weighted by atomic mass is 32.2. The van der Waals surface area contributed by atoms with Gasteiger partial charge in [0, 0.05) is 12.7 Å². The van der Waals surface area contributed by atoms with Crippen molar-refractivity contribution < 1.29 is 4.79 Å². The number of rotatable bonds is 4. The minimum absolute atomic E-state index is 0.168. The van der Waals surface area contributed by atoms with E-state index in [1.807, 2.05) is 10.7 Å². The van der Waals surface area contributed by atoms with Crippen LogP contribution in [0.2, 0.25) is 0 Å². The van der Waals surface area contributed by atoms with Crippen molar-refractivity contribution in [2.75, 3.05) is 5.75 Å². The van der Waals surface area contributed by atoms with Crippen LogP contribution in [0.4, 0.5) is 0 Å². The van der Waals surface area contributed by atoms with E-state index < -0.39 is 0 Å². The maximum absolute atomic E-state index is 12.3. The van der Waals surface area contributed by atoms with Crippen LogP contribution in [0.15, 0.2) is 12.3 Å². The Morgan fingerprint density at radius 3 is 3.19 bits per heavy atom. The van der Waals surface area contributed by atoms with E-state index >= 15 is 0 Å². The molecule has 88 valence electrons. The number of thioether (sulfide) groups is 1. The molecule has 4 heteroatoms. The van der Waals surface area contributed by atoms with Crippen LogP contribution in [0.1, 0.15) is 43.1 Å². The highest BCUT2D eigenvalue weighted by molar-refractivity contribution is 8.00. The largest absolute Gasteiger partial charge is 0.291 e. The molecule has 0 aromatic carbocycles. The first kappa shape index (κ1) is 11.7. The van der Waals surface area contributed by atoms with Gasteiger partial charge in [-0.2, -0.15) is 16.9 Å². The number of carbonyl (C=O) groups excluding carboxylic acids is 1. The molecule has 3 nitrogen and oxygen atoms in total. The van der Waals surface area contributed by atoms with Crippen LogP contribution in [0.25, 0.3) is 0 Å². The Bertz CT molecular complexity index is 356. The van der Waals surface area contributed by atoms with Gasteiger partial charge >= 0.3 is 0 Å². The molecule has 0 spiro atoms. The lowest BCUT2D eigenvalue weighted by Gasteiger charge is -2.20. The third kappa shape index (κ3) is 2.48. The average molecular weight is 238 g/mol. The number of hydrogen-bond acceptors (Lipinski definition) is 3. The number of Topliss-reactive ketones (excluding diaryl/α,β-unsaturated/α-hetero) is 1. The minimum Gasteiger partial charge on any atom is -0.291 e. The lowest BCUT2D eigenvalue weighted by molar-refractivity contribution is 0.0974. The van der Waals surface area contributed by atoms with Gasteiger partial charge in [-0.3, -0.25) is 9.48 Å². The molecule has 1 aliphatic heterocycles. The molecule has 16 heavy (non-hydrogen) atoms. The van der Waals surface area contributed by atoms with E-state index in [1.165, 1.54) is 12.8 Å². The van der Waals surface area contributed by atoms with E-state index in [1.54, 1.807) is 18.0 Å². The van der Waals surface area contributed by atoms with Gasteiger partial charge in [0.25, 0.3) is 0 Å². The molecule has 2 rings (SSSR count). The van der Waals surface area contributed by atoms with Gasteiger partial charge in [-0.1, -0.05) is 13.3 Å². The summed E-state index contributed by atoms with van der Waals surface area (Å²) in [7, 11) is 0. The molecule has 0 saturated carbocycles. The third-order valence-corrected chi connectivity index (χ3v) is 4.25. The Balaban J connectivity index is 2.09. The summed E-state index contributed by atoms with van der Waals surface area (Å²) >= 11 is 1.81. The molecule has 1 saturated heterocycles. The Morgan fingerprint density at radius 2 is 2.50 bits per heavy atom. The van der Waals surface area contributed by atoms with Crippen LogP contribution < -0.4 is 0 Å². The number of ketones is 1. The molecule has 1 aliphatic rings. The van der Waals surface area contributed by atoms with Crippen molar-refractivity contribution in [2.24, 2.45) is 0 Å². The highest BCUT2D eigenvalue weighted by Gasteiger charge is 2.25. The number of aryl methyl sites for hydroxylation is 1. The molecule has 1 atom stereocenters. The van der Waals surface area contributed by atoms with E-state index in [0.717, 1.165) is 30.8 Å². The number of carbonyl (C=O) groups is 1. The SMILES string of the molecule is CCCn1nccc1C(=O)C1CCCCS1. The molecule has 0 amide bonds. The van der Waals surface area contributed by atoms with Gasteiger partial charge in [-0.25, -0.2) is 0 Å². The van der Waals surface area contributed by atoms with Crippen molar-refractivity contribution in [1.29, 1.82) is 0 Å². The fourth-order valence-corrected chi connectivity index (χ4v) is 3.31. The Morgan fingerprint density at radius 1 is 1.62 bits per heavy atom. The normalized spacial score (nSPS) is 20.9. The quantitative estimate of drug-likeness (QED) is 0.757. The zero-order valence-electron chi connectivity index (χ0n) is 9.69. The third-order valence-electron chi connectivity index (χ3n) is 2.88. The predicted octanol–water partition coefficient (Wildman–Crippen LogP) is 2.76. The van der Waals surface area contributed by atoms with Gasteiger partial charge in [-0.15, -0.1) is 0 Å². The van der Waals surface area contributed by atoms with Crippen LogP contribution in [0.3, 0.4) is 0 Å². The molecule has 1 fully saturated rings. The fourth-order valence-electron chi connectivity index (χ4n) is 2.04. The standard InChI is InChI=1S/C12H18N2OS/c1-2-8-14-10(6-7-13-14)12(15)11-5-3-4-9-16-11/h6-7,11H,2-5,8-9H2,1H3. The van der Waals surface area contributed by atoms with Gasteiger partial charge in [0.05, 0.1) is 5.25 Å². The van der Waals surface area contributed by atoms with Gasteiger partial charge in [0.2, 0.25) is 0 Å². The summed E-state index contributed by atoms with van der Waals surface area (Å²) < 4.78 is 1.84. The molecule has 1 aromatic heterocycles. The van der Waals surface area contributed by atoms with E-state index in [-0.39, 0.29) is 11.0 Å². The van der Waals surface area contributed by atoms with Crippen molar-refractivity contribution >= 4 is 17.5 Å². The van der Waals surface area contributed by atoms with E-state index in [9.17, 15) is 4.79 Å². The number of aromatic nitrogens is 2. The smallest absolute Gasteiger partial charge is 0.193 e. The maximum atomic E-state index is 12.3. The summed E-state index contributed by atoms with van der Waals surface area (Å²) in [5.41, 5.74) is 0.793. The molecule has 0 bridgehead atoms. The zero-order valence-corrected chi connectivity index (χ0v) is 10.5. The van der Waals surface area contributed by atoms with Crippen LogP contribution in [-0.2, 0) is 6.54 Å². The number of hydrogen-bond donors (Lipinski definition) is 0. The first-order chi connectivity index (χ1) is 7.83. The van der Waals surface area contributed by atoms with Gasteiger partial charge < -0.3 is 0 Å². The van der Waals surface area contributed by atoms with Crippen LogP contribution in [-0.4, -0.2) is 26.6 Å². The minimum atomic E-state index is 0.168. The first-order valence-electron chi connectivity index (χ1n) is 6.00. The average Bonchev–Trinajstić information content (AvgIpc) is 2.78. The summed E-state index contributed by atoms with van der Waals surface area (Å²) in [6.45, 7) is 2.94. The Kier molecular flexibility index (Phi) is 4.04. The second kappa shape index (κ2) is 5.53. The molecular formula is C12H18N2OS. The van der Waals surface area contributed by atoms with Crippen LogP contribution in [0, 0.1) is 0 Å². The summed E-state index contributed by atoms with van der Waals surface area (Å²) in [6, 6.07) is 1.85.